The van der Waals surface area contributed by atoms with Gasteiger partial charge in [0.25, 0.3) is 0 Å². The van der Waals surface area contributed by atoms with Crippen LogP contribution in [0.3, 0.4) is 0 Å². The lowest BCUT2D eigenvalue weighted by molar-refractivity contribution is 1.19. The highest BCUT2D eigenvalue weighted by molar-refractivity contribution is 5.78. The summed E-state index contributed by atoms with van der Waals surface area (Å²) < 4.78 is 0. The van der Waals surface area contributed by atoms with E-state index >= 15 is 0 Å². The molecule has 6 rings (SSSR count). The van der Waals surface area contributed by atoms with Gasteiger partial charge < -0.3 is 0 Å². The Morgan fingerprint density at radius 3 is 0.822 bits per heavy atom. The summed E-state index contributed by atoms with van der Waals surface area (Å²) in [6.07, 6.45) is 0.605. The van der Waals surface area contributed by atoms with E-state index in [1.54, 1.807) is 24.3 Å². The second-order valence-electron chi connectivity index (χ2n) is 10.8. The van der Waals surface area contributed by atoms with Gasteiger partial charge in [0.05, 0.1) is 46.5 Å². The Hall–Kier alpha value is -6.72. The molecule has 4 nitrogen and oxygen atoms in total. The lowest BCUT2D eigenvalue weighted by atomic mass is 9.90. The number of nitriles is 4. The molecule has 0 saturated heterocycles. The summed E-state index contributed by atoms with van der Waals surface area (Å²) in [6.45, 7) is 0. The summed E-state index contributed by atoms with van der Waals surface area (Å²) in [5, 5.41) is 38.2. The van der Waals surface area contributed by atoms with Crippen molar-refractivity contribution in [2.45, 2.75) is 6.42 Å². The maximum atomic E-state index is 9.54. The van der Waals surface area contributed by atoms with Gasteiger partial charge in [-0.1, -0.05) is 72.8 Å². The van der Waals surface area contributed by atoms with Gasteiger partial charge in [0.1, 0.15) is 0 Å². The third-order valence-electron chi connectivity index (χ3n) is 7.69. The Kier molecular flexibility index (Phi) is 7.98. The van der Waals surface area contributed by atoms with Crippen LogP contribution in [0.15, 0.2) is 133 Å². The topological polar surface area (TPSA) is 95.2 Å². The van der Waals surface area contributed by atoms with Gasteiger partial charge >= 0.3 is 0 Å². The Labute approximate surface area is 262 Å². The van der Waals surface area contributed by atoms with Crippen LogP contribution >= 0.6 is 0 Å². The summed E-state index contributed by atoms with van der Waals surface area (Å²) in [4.78, 5) is 0. The molecule has 0 aromatic heterocycles. The molecule has 0 aliphatic heterocycles. The summed E-state index contributed by atoms with van der Waals surface area (Å²) in [5.41, 5.74) is 12.1. The number of benzene rings is 6. The van der Waals surface area contributed by atoms with E-state index in [-0.39, 0.29) is 0 Å². The van der Waals surface area contributed by atoms with Crippen LogP contribution in [0.25, 0.3) is 44.5 Å². The number of nitrogens with zero attached hydrogens (tertiary/aromatic N) is 4. The lowest BCUT2D eigenvalue weighted by Gasteiger charge is -2.14. The van der Waals surface area contributed by atoms with Gasteiger partial charge in [-0.25, -0.2) is 0 Å². The minimum absolute atomic E-state index is 0.586. The van der Waals surface area contributed by atoms with Crippen LogP contribution in [0.4, 0.5) is 0 Å². The van der Waals surface area contributed by atoms with Crippen LogP contribution in [0.1, 0.15) is 33.4 Å². The quantitative estimate of drug-likeness (QED) is 0.199. The SMILES string of the molecule is N#Cc1cccc(-c2cc(Cc3cc(-c4cccc(C#N)c4)cc(-c4cccc(C#N)c4)c3)cc(-c3cccc(C#N)c3)c2)c1. The van der Waals surface area contributed by atoms with Crippen molar-refractivity contribution in [3.63, 3.8) is 0 Å². The molecule has 0 bridgehead atoms. The van der Waals surface area contributed by atoms with Crippen LogP contribution in [0.5, 0.6) is 0 Å². The van der Waals surface area contributed by atoms with Gasteiger partial charge in [0.2, 0.25) is 0 Å². The standard InChI is InChI=1S/C41H24N4/c42-24-28-5-1-9-34(14-28)38-18-32(19-39(22-38)35-10-2-6-29(15-35)25-43)13-33-20-40(36-11-3-7-30(16-36)26-44)23-41(21-33)37-12-4-8-31(17-37)27-45/h1-12,14-23H,13H2. The zero-order valence-corrected chi connectivity index (χ0v) is 24.2. The van der Waals surface area contributed by atoms with E-state index in [9.17, 15) is 21.0 Å². The summed E-state index contributed by atoms with van der Waals surface area (Å²) in [5.74, 6) is 0. The van der Waals surface area contributed by atoms with E-state index < -0.39 is 0 Å². The number of hydrogen-bond donors (Lipinski definition) is 0. The molecule has 6 aromatic rings. The van der Waals surface area contributed by atoms with Crippen molar-refractivity contribution in [3.8, 4) is 68.8 Å². The third kappa shape index (κ3) is 6.38. The first-order valence-electron chi connectivity index (χ1n) is 14.4. The number of rotatable bonds is 6. The predicted molar refractivity (Wildman–Crippen MR) is 176 cm³/mol. The van der Waals surface area contributed by atoms with Gasteiger partial charge in [-0.05, 0) is 123 Å². The average molecular weight is 573 g/mol. The highest BCUT2D eigenvalue weighted by Gasteiger charge is 2.12. The molecule has 0 fully saturated rings. The fourth-order valence-corrected chi connectivity index (χ4v) is 5.56. The molecule has 0 saturated carbocycles. The smallest absolute Gasteiger partial charge is 0.0991 e. The Balaban J connectivity index is 1.51. The van der Waals surface area contributed by atoms with Crippen LogP contribution in [0.2, 0.25) is 0 Å². The van der Waals surface area contributed by atoms with E-state index in [0.29, 0.717) is 28.7 Å². The maximum Gasteiger partial charge on any atom is 0.0991 e. The van der Waals surface area contributed by atoms with Crippen molar-refractivity contribution in [1.29, 1.82) is 21.0 Å². The van der Waals surface area contributed by atoms with E-state index in [1.807, 2.05) is 72.8 Å². The minimum Gasteiger partial charge on any atom is -0.192 e. The molecule has 208 valence electrons. The van der Waals surface area contributed by atoms with Gasteiger partial charge in [0.15, 0.2) is 0 Å². The summed E-state index contributed by atoms with van der Waals surface area (Å²) in [6, 6.07) is 52.0. The lowest BCUT2D eigenvalue weighted by Crippen LogP contribution is -1.94. The highest BCUT2D eigenvalue weighted by Crippen LogP contribution is 2.33. The van der Waals surface area contributed by atoms with Gasteiger partial charge in [-0.15, -0.1) is 0 Å². The van der Waals surface area contributed by atoms with Crippen LogP contribution < -0.4 is 0 Å². The Bertz CT molecular complexity index is 1940. The maximum absolute atomic E-state index is 9.54. The van der Waals surface area contributed by atoms with E-state index in [4.69, 9.17) is 0 Å². The van der Waals surface area contributed by atoms with E-state index in [2.05, 4.69) is 60.7 Å². The number of hydrogen-bond acceptors (Lipinski definition) is 4. The van der Waals surface area contributed by atoms with Crippen molar-refractivity contribution in [1.82, 2.24) is 0 Å². The average Bonchev–Trinajstić information content (AvgIpc) is 3.11. The normalized spacial score (nSPS) is 10.2. The van der Waals surface area contributed by atoms with Crippen LogP contribution in [0, 0.1) is 45.3 Å². The van der Waals surface area contributed by atoms with Crippen molar-refractivity contribution < 1.29 is 0 Å². The van der Waals surface area contributed by atoms with Gasteiger partial charge in [-0.3, -0.25) is 0 Å². The second kappa shape index (κ2) is 12.7. The van der Waals surface area contributed by atoms with Crippen molar-refractivity contribution in [2.24, 2.45) is 0 Å². The first-order chi connectivity index (χ1) is 22.0. The molecule has 45 heavy (non-hydrogen) atoms. The largest absolute Gasteiger partial charge is 0.192 e. The highest BCUT2D eigenvalue weighted by atomic mass is 14.3. The zero-order chi connectivity index (χ0) is 31.2. The summed E-state index contributed by atoms with van der Waals surface area (Å²) >= 11 is 0. The fourth-order valence-electron chi connectivity index (χ4n) is 5.56. The third-order valence-corrected chi connectivity index (χ3v) is 7.69. The first-order valence-corrected chi connectivity index (χ1v) is 14.4. The first kappa shape index (κ1) is 28.4. The molecule has 0 heterocycles. The molecule has 0 N–H and O–H groups in total. The molecule has 0 aliphatic carbocycles. The molecule has 0 amide bonds. The van der Waals surface area contributed by atoms with Gasteiger partial charge in [0, 0.05) is 0 Å². The molecular weight excluding hydrogens is 548 g/mol. The molecule has 0 aliphatic rings. The van der Waals surface area contributed by atoms with E-state index in [0.717, 1.165) is 55.6 Å². The molecular formula is C41H24N4. The molecule has 0 radical (unpaired) electrons. The molecule has 0 atom stereocenters. The van der Waals surface area contributed by atoms with Crippen molar-refractivity contribution >= 4 is 0 Å². The van der Waals surface area contributed by atoms with Crippen molar-refractivity contribution in [2.75, 3.05) is 0 Å². The zero-order valence-electron chi connectivity index (χ0n) is 24.2. The van der Waals surface area contributed by atoms with E-state index in [1.165, 1.54) is 0 Å². The minimum atomic E-state index is 0.586. The molecule has 0 unspecified atom stereocenters. The van der Waals surface area contributed by atoms with Crippen LogP contribution in [-0.4, -0.2) is 0 Å². The van der Waals surface area contributed by atoms with Crippen LogP contribution in [-0.2, 0) is 6.42 Å². The summed E-state index contributed by atoms with van der Waals surface area (Å²) in [7, 11) is 0. The van der Waals surface area contributed by atoms with Crippen molar-refractivity contribution in [3.05, 3.63) is 167 Å². The van der Waals surface area contributed by atoms with Gasteiger partial charge in [-0.2, -0.15) is 21.0 Å². The molecule has 0 spiro atoms. The monoisotopic (exact) mass is 572 g/mol. The Morgan fingerprint density at radius 2 is 0.578 bits per heavy atom. The predicted octanol–water partition coefficient (Wildman–Crippen LogP) is 9.43. The second-order valence-corrected chi connectivity index (χ2v) is 10.8. The fraction of sp³-hybridized carbons (Fsp3) is 0.0244. The molecule has 4 heteroatoms. The molecule has 6 aromatic carbocycles. The Morgan fingerprint density at radius 1 is 0.311 bits per heavy atom.